The topological polar surface area (TPSA) is 78.9 Å². The lowest BCUT2D eigenvalue weighted by molar-refractivity contribution is -0.125. The van der Waals surface area contributed by atoms with E-state index in [1.165, 1.54) is 11.3 Å². The first-order chi connectivity index (χ1) is 8.08. The molecule has 1 amide bonds. The molecule has 3 N–H and O–H groups in total. The zero-order valence-corrected chi connectivity index (χ0v) is 10.5. The van der Waals surface area contributed by atoms with Gasteiger partial charge in [0, 0.05) is 6.04 Å². The minimum atomic E-state index is -0.503. The van der Waals surface area contributed by atoms with Crippen molar-refractivity contribution < 1.29 is 4.79 Å². The van der Waals surface area contributed by atoms with Gasteiger partial charge in [-0.3, -0.25) is 4.79 Å². The predicted octanol–water partition coefficient (Wildman–Crippen LogP) is 2.08. The monoisotopic (exact) mass is 249 g/mol. The lowest BCUT2D eigenvalue weighted by Crippen LogP contribution is -2.44. The van der Waals surface area contributed by atoms with E-state index >= 15 is 0 Å². The molecule has 2 rings (SSSR count). The molecule has 4 nitrogen and oxygen atoms in total. The summed E-state index contributed by atoms with van der Waals surface area (Å²) in [5.74, 6) is -0.0681. The van der Waals surface area contributed by atoms with Gasteiger partial charge in [0.1, 0.15) is 11.1 Å². The van der Waals surface area contributed by atoms with Crippen LogP contribution in [-0.4, -0.2) is 11.9 Å². The molecular formula is C12H15N3OS. The summed E-state index contributed by atoms with van der Waals surface area (Å²) >= 11 is 1.37. The van der Waals surface area contributed by atoms with Crippen LogP contribution in [0.4, 0.5) is 5.00 Å². The molecule has 1 saturated carbocycles. The first-order valence-corrected chi connectivity index (χ1v) is 6.50. The highest BCUT2D eigenvalue weighted by atomic mass is 32.1. The van der Waals surface area contributed by atoms with Gasteiger partial charge in [-0.15, -0.1) is 11.3 Å². The van der Waals surface area contributed by atoms with Gasteiger partial charge < -0.3 is 11.1 Å². The summed E-state index contributed by atoms with van der Waals surface area (Å²) in [7, 11) is 0. The number of hydrogen-bond donors (Lipinski definition) is 2. The van der Waals surface area contributed by atoms with Crippen molar-refractivity contribution in [2.24, 2.45) is 11.1 Å². The van der Waals surface area contributed by atoms with Crippen molar-refractivity contribution in [3.8, 4) is 6.07 Å². The molecule has 2 atom stereocenters. The van der Waals surface area contributed by atoms with Crippen LogP contribution in [0, 0.1) is 16.7 Å². The Balaban J connectivity index is 2.15. The second-order valence-electron chi connectivity index (χ2n) is 4.65. The fourth-order valence-electron chi connectivity index (χ4n) is 2.22. The second kappa shape index (κ2) is 4.47. The Bertz CT molecular complexity index is 476. The number of amides is 1. The van der Waals surface area contributed by atoms with E-state index in [2.05, 4.69) is 11.4 Å². The molecule has 1 heterocycles. The van der Waals surface area contributed by atoms with E-state index in [1.807, 2.05) is 6.92 Å². The Morgan fingerprint density at radius 3 is 3.12 bits per heavy atom. The normalized spacial score (nSPS) is 27.7. The van der Waals surface area contributed by atoms with Crippen LogP contribution < -0.4 is 11.1 Å². The van der Waals surface area contributed by atoms with Crippen LogP contribution in [0.3, 0.4) is 0 Å². The fraction of sp³-hybridized carbons (Fsp3) is 0.500. The molecule has 0 aromatic carbocycles. The molecule has 0 saturated heterocycles. The Kier molecular flexibility index (Phi) is 3.18. The summed E-state index contributed by atoms with van der Waals surface area (Å²) in [6, 6.07) is 3.68. The molecule has 1 aliphatic rings. The molecule has 1 fully saturated rings. The highest BCUT2D eigenvalue weighted by molar-refractivity contribution is 7.14. The minimum absolute atomic E-state index is 0.0681. The van der Waals surface area contributed by atoms with Gasteiger partial charge in [-0.2, -0.15) is 5.26 Å². The van der Waals surface area contributed by atoms with E-state index in [9.17, 15) is 4.79 Å². The van der Waals surface area contributed by atoms with Crippen molar-refractivity contribution in [2.45, 2.75) is 32.2 Å². The lowest BCUT2D eigenvalue weighted by Gasteiger charge is -2.27. The van der Waals surface area contributed by atoms with Crippen LogP contribution >= 0.6 is 11.3 Å². The molecule has 1 aromatic heterocycles. The maximum Gasteiger partial charge on any atom is 0.232 e. The summed E-state index contributed by atoms with van der Waals surface area (Å²) in [6.07, 6.45) is 2.69. The molecule has 17 heavy (non-hydrogen) atoms. The van der Waals surface area contributed by atoms with Crippen molar-refractivity contribution >= 4 is 22.2 Å². The molecular weight excluding hydrogens is 234 g/mol. The van der Waals surface area contributed by atoms with Gasteiger partial charge in [0.2, 0.25) is 5.91 Å². The Morgan fingerprint density at radius 2 is 2.53 bits per heavy atom. The van der Waals surface area contributed by atoms with Crippen molar-refractivity contribution in [2.75, 3.05) is 5.32 Å². The van der Waals surface area contributed by atoms with Crippen molar-refractivity contribution in [3.63, 3.8) is 0 Å². The molecule has 5 heteroatoms. The van der Waals surface area contributed by atoms with E-state index in [0.29, 0.717) is 10.6 Å². The number of hydrogen-bond acceptors (Lipinski definition) is 4. The third-order valence-corrected chi connectivity index (χ3v) is 4.39. The number of anilines is 1. The van der Waals surface area contributed by atoms with Crippen LogP contribution in [-0.2, 0) is 4.79 Å². The predicted molar refractivity (Wildman–Crippen MR) is 67.6 cm³/mol. The Morgan fingerprint density at radius 1 is 1.76 bits per heavy atom. The van der Waals surface area contributed by atoms with Gasteiger partial charge in [-0.1, -0.05) is 6.42 Å². The van der Waals surface area contributed by atoms with Gasteiger partial charge in [-0.05, 0) is 31.2 Å². The number of thiophene rings is 1. The van der Waals surface area contributed by atoms with E-state index in [1.54, 1.807) is 11.4 Å². The fourth-order valence-corrected chi connectivity index (χ4v) is 2.95. The maximum atomic E-state index is 12.2. The van der Waals surface area contributed by atoms with Crippen LogP contribution in [0.25, 0.3) is 0 Å². The summed E-state index contributed by atoms with van der Waals surface area (Å²) < 4.78 is 0. The molecule has 0 bridgehead atoms. The van der Waals surface area contributed by atoms with E-state index in [0.717, 1.165) is 19.3 Å². The number of rotatable bonds is 2. The first-order valence-electron chi connectivity index (χ1n) is 5.62. The number of nitriles is 1. The zero-order valence-electron chi connectivity index (χ0n) is 9.69. The SMILES string of the molecule is CC1(C(=O)Nc2sccc2C#N)CCCC1N. The molecule has 1 aliphatic carbocycles. The van der Waals surface area contributed by atoms with Crippen molar-refractivity contribution in [1.82, 2.24) is 0 Å². The van der Waals surface area contributed by atoms with Crippen LogP contribution in [0.2, 0.25) is 0 Å². The van der Waals surface area contributed by atoms with Gasteiger partial charge in [-0.25, -0.2) is 0 Å². The molecule has 2 unspecified atom stereocenters. The quantitative estimate of drug-likeness (QED) is 0.842. The first kappa shape index (κ1) is 12.1. The van der Waals surface area contributed by atoms with Crippen molar-refractivity contribution in [3.05, 3.63) is 17.0 Å². The maximum absolute atomic E-state index is 12.2. The van der Waals surface area contributed by atoms with Gasteiger partial charge >= 0.3 is 0 Å². The largest absolute Gasteiger partial charge is 0.327 e. The van der Waals surface area contributed by atoms with E-state index in [-0.39, 0.29) is 11.9 Å². The summed E-state index contributed by atoms with van der Waals surface area (Å²) in [4.78, 5) is 12.2. The standard InChI is InChI=1S/C12H15N3OS/c1-12(5-2-3-9(12)14)11(16)15-10-8(7-13)4-6-17-10/h4,6,9H,2-3,5,14H2,1H3,(H,15,16). The molecule has 90 valence electrons. The van der Waals surface area contributed by atoms with Crippen molar-refractivity contribution in [1.29, 1.82) is 5.26 Å². The minimum Gasteiger partial charge on any atom is -0.327 e. The lowest BCUT2D eigenvalue weighted by atomic mass is 9.84. The van der Waals surface area contributed by atoms with E-state index in [4.69, 9.17) is 11.0 Å². The average Bonchev–Trinajstić information content (AvgIpc) is 2.87. The van der Waals surface area contributed by atoms with Gasteiger partial charge in [0.05, 0.1) is 11.0 Å². The Labute approximate surface area is 104 Å². The molecule has 1 aromatic rings. The van der Waals surface area contributed by atoms with Crippen LogP contribution in [0.15, 0.2) is 11.4 Å². The zero-order chi connectivity index (χ0) is 12.5. The summed E-state index contributed by atoms with van der Waals surface area (Å²) in [5, 5.41) is 14.1. The third kappa shape index (κ3) is 2.06. The second-order valence-corrected chi connectivity index (χ2v) is 5.56. The average molecular weight is 249 g/mol. The third-order valence-electron chi connectivity index (χ3n) is 3.56. The number of nitrogens with zero attached hydrogens (tertiary/aromatic N) is 1. The number of carbonyl (C=O) groups excluding carboxylic acids is 1. The molecule has 0 aliphatic heterocycles. The van der Waals surface area contributed by atoms with E-state index < -0.39 is 5.41 Å². The van der Waals surface area contributed by atoms with Crippen LogP contribution in [0.5, 0.6) is 0 Å². The van der Waals surface area contributed by atoms with Gasteiger partial charge in [0.15, 0.2) is 0 Å². The number of carbonyl (C=O) groups is 1. The number of nitrogens with one attached hydrogen (secondary N) is 1. The highest BCUT2D eigenvalue weighted by Gasteiger charge is 2.43. The number of nitrogens with two attached hydrogens (primary N) is 1. The molecule has 0 radical (unpaired) electrons. The summed E-state index contributed by atoms with van der Waals surface area (Å²) in [5.41, 5.74) is 6.00. The van der Waals surface area contributed by atoms with Crippen LogP contribution in [0.1, 0.15) is 31.7 Å². The Hall–Kier alpha value is -1.38. The highest BCUT2D eigenvalue weighted by Crippen LogP contribution is 2.38. The molecule has 0 spiro atoms. The summed E-state index contributed by atoms with van der Waals surface area (Å²) in [6.45, 7) is 1.90. The smallest absolute Gasteiger partial charge is 0.232 e. The van der Waals surface area contributed by atoms with Gasteiger partial charge in [0.25, 0.3) is 0 Å².